The lowest BCUT2D eigenvalue weighted by atomic mass is 9.79. The molecule has 5 aliphatic rings. The number of β-lactam (4-membered cyclic amide) rings is 1. The first-order valence-electron chi connectivity index (χ1n) is 12.9. The Morgan fingerprint density at radius 1 is 1.19 bits per heavy atom. The van der Waals surface area contributed by atoms with E-state index in [4.69, 9.17) is 0 Å². The smallest absolute Gasteiger partial charge is 0.353 e. The topological polar surface area (TPSA) is 151 Å². The third kappa shape index (κ3) is 4.42. The molecular weight excluding hydrogens is 486 g/mol. The lowest BCUT2D eigenvalue weighted by molar-refractivity contribution is -0.163. The van der Waals surface area contributed by atoms with Crippen LogP contribution in [0.2, 0.25) is 0 Å². The molecule has 11 nitrogen and oxygen atoms in total. The van der Waals surface area contributed by atoms with E-state index in [9.17, 15) is 29.4 Å². The van der Waals surface area contributed by atoms with Gasteiger partial charge in [0.2, 0.25) is 17.7 Å². The van der Waals surface area contributed by atoms with Gasteiger partial charge in [-0.3, -0.25) is 14.4 Å². The molecule has 0 aromatic heterocycles. The first-order valence-corrected chi connectivity index (χ1v) is 13.8. The second-order valence-electron chi connectivity index (χ2n) is 10.6. The molecular formula is C24H35N5O6S. The highest BCUT2D eigenvalue weighted by Crippen LogP contribution is 2.51. The van der Waals surface area contributed by atoms with E-state index in [-0.39, 0.29) is 58.8 Å². The average molecular weight is 522 g/mol. The highest BCUT2D eigenvalue weighted by Gasteiger charge is 2.60. The van der Waals surface area contributed by atoms with E-state index in [1.54, 1.807) is 11.8 Å². The Labute approximate surface area is 214 Å². The summed E-state index contributed by atoms with van der Waals surface area (Å²) in [7, 11) is 0. The Morgan fingerprint density at radius 2 is 1.97 bits per heavy atom. The van der Waals surface area contributed by atoms with Gasteiger partial charge in [0, 0.05) is 41.7 Å². The number of likely N-dealkylation sites (tertiary alicyclic amines) is 1. The summed E-state index contributed by atoms with van der Waals surface area (Å²) in [5, 5.41) is 29.4. The Bertz CT molecular complexity index is 982. The van der Waals surface area contributed by atoms with Gasteiger partial charge in [-0.05, 0) is 39.2 Å². The van der Waals surface area contributed by atoms with E-state index < -0.39 is 18.0 Å². The lowest BCUT2D eigenvalue weighted by Crippen LogP contribution is -2.63. The summed E-state index contributed by atoms with van der Waals surface area (Å²) in [4.78, 5) is 53.9. The van der Waals surface area contributed by atoms with Gasteiger partial charge in [-0.2, -0.15) is 0 Å². The average Bonchev–Trinajstić information content (AvgIpc) is 3.61. The molecule has 8 atom stereocenters. The number of hydrogen-bond donors (Lipinski definition) is 5. The second kappa shape index (κ2) is 9.96. The van der Waals surface area contributed by atoms with Crippen LogP contribution in [0.4, 0.5) is 0 Å². The third-order valence-corrected chi connectivity index (χ3v) is 9.73. The minimum absolute atomic E-state index is 0.00361. The van der Waals surface area contributed by atoms with E-state index in [0.29, 0.717) is 31.0 Å². The van der Waals surface area contributed by atoms with Crippen LogP contribution in [0.25, 0.3) is 0 Å². The number of carboxylic acid groups (broad SMARTS) is 1. The monoisotopic (exact) mass is 521 g/mol. The summed E-state index contributed by atoms with van der Waals surface area (Å²) in [6.07, 6.45) is 2.30. The zero-order valence-corrected chi connectivity index (χ0v) is 21.4. The third-order valence-electron chi connectivity index (χ3n) is 8.22. The number of hydrogen-bond acceptors (Lipinski definition) is 8. The number of carbonyl (C=O) groups is 4. The van der Waals surface area contributed by atoms with Crippen LogP contribution in [0.15, 0.2) is 10.6 Å². The number of carboxylic acids is 1. The van der Waals surface area contributed by atoms with Crippen molar-refractivity contribution in [1.82, 2.24) is 25.8 Å². The molecule has 6 unspecified atom stereocenters. The quantitative estimate of drug-likeness (QED) is 0.268. The number of aliphatic hydroxyl groups excluding tert-OH is 1. The number of aliphatic carboxylic acids is 1. The molecule has 5 aliphatic heterocycles. The largest absolute Gasteiger partial charge is 0.477 e. The Hall–Kier alpha value is -2.15. The highest BCUT2D eigenvalue weighted by molar-refractivity contribution is 8.03. The van der Waals surface area contributed by atoms with Crippen LogP contribution in [-0.2, 0) is 19.2 Å². The van der Waals surface area contributed by atoms with Gasteiger partial charge in [0.05, 0.1) is 30.1 Å². The van der Waals surface area contributed by atoms with Crippen molar-refractivity contribution in [1.29, 1.82) is 0 Å². The first kappa shape index (κ1) is 25.5. The molecule has 0 aliphatic carbocycles. The zero-order valence-electron chi connectivity index (χ0n) is 20.6. The van der Waals surface area contributed by atoms with Gasteiger partial charge in [-0.15, -0.1) is 11.8 Å². The predicted molar refractivity (Wildman–Crippen MR) is 132 cm³/mol. The maximum atomic E-state index is 13.2. The zero-order chi connectivity index (χ0) is 25.7. The Balaban J connectivity index is 1.17. The van der Waals surface area contributed by atoms with E-state index in [1.165, 1.54) is 16.7 Å². The molecule has 0 aromatic carbocycles. The lowest BCUT2D eigenvalue weighted by Gasteiger charge is -2.46. The molecule has 0 spiro atoms. The van der Waals surface area contributed by atoms with E-state index >= 15 is 0 Å². The molecule has 0 radical (unpaired) electrons. The fourth-order valence-electron chi connectivity index (χ4n) is 6.35. The number of nitrogens with zero attached hydrogens (tertiary/aromatic N) is 2. The van der Waals surface area contributed by atoms with Gasteiger partial charge in [0.1, 0.15) is 5.70 Å². The molecule has 5 rings (SSSR count). The van der Waals surface area contributed by atoms with Crippen LogP contribution in [0.1, 0.15) is 39.5 Å². The number of aliphatic hydroxyl groups is 1. The number of thioether (sulfide) groups is 1. The first-order chi connectivity index (χ1) is 17.2. The standard InChI is InChI=1S/C24H35N5O6S/c1-11-18-17(12(2)30)23(33)29(18)19(24(34)35)20(11)36-14-8-16(26-9-14)22(32)28-7-5-13(10-28)27-21(31)15-4-3-6-25-15/h11-18,25-26,30H,3-10H2,1-2H3,(H,27,31)(H,34,35)/t11?,12?,13?,14?,15-,16?,17?,18-/m0/s1. The SMILES string of the molecule is CC(O)C1C(=O)N2C(C(=O)O)=C(SC3CNC(C(=O)N4CCC(NC(=O)[C@@H]5CCCN5)C4)C3)C(C)[C@@H]12. The fourth-order valence-corrected chi connectivity index (χ4v) is 7.83. The Morgan fingerprint density at radius 3 is 2.64 bits per heavy atom. The molecule has 12 heteroatoms. The van der Waals surface area contributed by atoms with Crippen molar-refractivity contribution in [2.45, 2.75) is 75.1 Å². The number of nitrogens with one attached hydrogen (secondary N) is 3. The molecule has 0 bridgehead atoms. The van der Waals surface area contributed by atoms with Gasteiger partial charge in [-0.25, -0.2) is 4.79 Å². The van der Waals surface area contributed by atoms with Gasteiger partial charge in [0.15, 0.2) is 0 Å². The van der Waals surface area contributed by atoms with Crippen molar-refractivity contribution in [3.05, 3.63) is 10.6 Å². The van der Waals surface area contributed by atoms with Crippen LogP contribution in [0.5, 0.6) is 0 Å². The van der Waals surface area contributed by atoms with E-state index in [1.807, 2.05) is 6.92 Å². The maximum absolute atomic E-state index is 13.2. The second-order valence-corrected chi connectivity index (χ2v) is 12.0. The number of carbonyl (C=O) groups excluding carboxylic acids is 3. The molecule has 5 N–H and O–H groups in total. The summed E-state index contributed by atoms with van der Waals surface area (Å²) in [6, 6.07) is -0.872. The van der Waals surface area contributed by atoms with Gasteiger partial charge >= 0.3 is 5.97 Å². The molecule has 0 saturated carbocycles. The van der Waals surface area contributed by atoms with Gasteiger partial charge in [-0.1, -0.05) is 6.92 Å². The number of rotatable bonds is 7. The van der Waals surface area contributed by atoms with E-state index in [2.05, 4.69) is 16.0 Å². The number of amides is 3. The van der Waals surface area contributed by atoms with Crippen molar-refractivity contribution in [3.8, 4) is 0 Å². The molecule has 36 heavy (non-hydrogen) atoms. The van der Waals surface area contributed by atoms with Crippen molar-refractivity contribution >= 4 is 35.5 Å². The van der Waals surface area contributed by atoms with Crippen LogP contribution in [0, 0.1) is 11.8 Å². The van der Waals surface area contributed by atoms with Crippen molar-refractivity contribution in [2.24, 2.45) is 11.8 Å². The summed E-state index contributed by atoms with van der Waals surface area (Å²) in [5.74, 6) is -2.24. The van der Waals surface area contributed by atoms with Crippen LogP contribution >= 0.6 is 11.8 Å². The summed E-state index contributed by atoms with van der Waals surface area (Å²) >= 11 is 1.44. The van der Waals surface area contributed by atoms with Crippen LogP contribution < -0.4 is 16.0 Å². The molecule has 198 valence electrons. The van der Waals surface area contributed by atoms with Crippen molar-refractivity contribution in [2.75, 3.05) is 26.2 Å². The van der Waals surface area contributed by atoms with Crippen LogP contribution in [0.3, 0.4) is 0 Å². The summed E-state index contributed by atoms with van der Waals surface area (Å²) < 4.78 is 0. The predicted octanol–water partition coefficient (Wildman–Crippen LogP) is -0.927. The summed E-state index contributed by atoms with van der Waals surface area (Å²) in [5.41, 5.74) is 0.0176. The molecule has 4 saturated heterocycles. The molecule has 0 aromatic rings. The maximum Gasteiger partial charge on any atom is 0.353 e. The molecule has 5 heterocycles. The fraction of sp³-hybridized carbons (Fsp3) is 0.750. The number of fused-ring (bicyclic) bond motifs is 1. The normalized spacial score (nSPS) is 36.8. The minimum atomic E-state index is -1.14. The van der Waals surface area contributed by atoms with Crippen molar-refractivity contribution < 1.29 is 29.4 Å². The molecule has 4 fully saturated rings. The van der Waals surface area contributed by atoms with Gasteiger partial charge < -0.3 is 36.0 Å². The summed E-state index contributed by atoms with van der Waals surface area (Å²) in [6.45, 7) is 5.99. The van der Waals surface area contributed by atoms with E-state index in [0.717, 1.165) is 25.8 Å². The van der Waals surface area contributed by atoms with Crippen molar-refractivity contribution in [3.63, 3.8) is 0 Å². The van der Waals surface area contributed by atoms with Gasteiger partial charge in [0.25, 0.3) is 0 Å². The minimum Gasteiger partial charge on any atom is -0.477 e. The van der Waals surface area contributed by atoms with Crippen LogP contribution in [-0.4, -0.2) is 105 Å². The molecule has 3 amide bonds. The highest BCUT2D eigenvalue weighted by atomic mass is 32.2. The Kier molecular flexibility index (Phi) is 7.05.